The summed E-state index contributed by atoms with van der Waals surface area (Å²) in [6, 6.07) is 9.98. The van der Waals surface area contributed by atoms with Crippen LogP contribution in [0.15, 0.2) is 41.3 Å². The normalized spacial score (nSPS) is 16.9. The number of carbonyl (C=O) groups excluding carboxylic acids is 2. The van der Waals surface area contributed by atoms with Crippen molar-refractivity contribution in [2.75, 3.05) is 18.4 Å². The van der Waals surface area contributed by atoms with Gasteiger partial charge in [0.2, 0.25) is 10.0 Å². The monoisotopic (exact) mass is 491 g/mol. The summed E-state index contributed by atoms with van der Waals surface area (Å²) < 4.78 is 28.7. The quantitative estimate of drug-likeness (QED) is 0.598. The molecule has 0 bridgehead atoms. The van der Waals surface area contributed by atoms with E-state index in [0.717, 1.165) is 36.0 Å². The minimum Gasteiger partial charge on any atom is -0.348 e. The Bertz CT molecular complexity index is 1110. The van der Waals surface area contributed by atoms with E-state index in [1.54, 1.807) is 28.6 Å². The van der Waals surface area contributed by atoms with E-state index in [2.05, 4.69) is 10.6 Å². The molecule has 33 heavy (non-hydrogen) atoms. The summed E-state index contributed by atoms with van der Waals surface area (Å²) in [6.07, 6.45) is 2.88. The summed E-state index contributed by atoms with van der Waals surface area (Å²) in [5.41, 5.74) is 2.97. The van der Waals surface area contributed by atoms with E-state index in [9.17, 15) is 18.0 Å². The molecule has 1 heterocycles. The topological polar surface area (TPSA) is 95.6 Å². The van der Waals surface area contributed by atoms with Gasteiger partial charge in [-0.2, -0.15) is 4.31 Å². The number of hydrogen-bond acceptors (Lipinski definition) is 4. The predicted octanol–water partition coefficient (Wildman–Crippen LogP) is 3.95. The van der Waals surface area contributed by atoms with E-state index in [0.29, 0.717) is 28.6 Å². The van der Waals surface area contributed by atoms with Crippen LogP contribution in [0.5, 0.6) is 0 Å². The predicted molar refractivity (Wildman–Crippen MR) is 130 cm³/mol. The van der Waals surface area contributed by atoms with Crippen molar-refractivity contribution in [1.82, 2.24) is 9.62 Å². The maximum atomic E-state index is 13.5. The second kappa shape index (κ2) is 10.7. The Morgan fingerprint density at radius 2 is 1.67 bits per heavy atom. The molecular formula is C24H30ClN3O4S. The van der Waals surface area contributed by atoms with Crippen LogP contribution in [0.1, 0.15) is 42.4 Å². The van der Waals surface area contributed by atoms with E-state index in [-0.39, 0.29) is 12.6 Å². The molecule has 0 radical (unpaired) electrons. The average Bonchev–Trinajstić information content (AvgIpc) is 2.74. The molecule has 1 aliphatic heterocycles. The van der Waals surface area contributed by atoms with Crippen LogP contribution in [0.3, 0.4) is 0 Å². The van der Waals surface area contributed by atoms with Crippen LogP contribution in [0.4, 0.5) is 5.69 Å². The third-order valence-corrected chi connectivity index (χ3v) is 8.33. The highest BCUT2D eigenvalue weighted by Crippen LogP contribution is 2.31. The first kappa shape index (κ1) is 25.2. The molecule has 3 rings (SSSR count). The molecule has 0 aliphatic carbocycles. The van der Waals surface area contributed by atoms with Gasteiger partial charge in [0.05, 0.1) is 4.90 Å². The van der Waals surface area contributed by atoms with Gasteiger partial charge in [-0.05, 0) is 75.4 Å². The zero-order valence-corrected chi connectivity index (χ0v) is 20.7. The second-order valence-electron chi connectivity index (χ2n) is 8.50. The van der Waals surface area contributed by atoms with Crippen LogP contribution in [-0.4, -0.2) is 43.7 Å². The average molecular weight is 492 g/mol. The highest BCUT2D eigenvalue weighted by atomic mass is 35.5. The van der Waals surface area contributed by atoms with E-state index in [1.165, 1.54) is 0 Å². The molecule has 2 aromatic rings. The minimum atomic E-state index is -3.67. The summed E-state index contributed by atoms with van der Waals surface area (Å²) >= 11 is 5.82. The van der Waals surface area contributed by atoms with Gasteiger partial charge in [0.15, 0.2) is 0 Å². The zero-order chi connectivity index (χ0) is 24.2. The molecule has 1 aliphatic rings. The molecule has 1 atom stereocenters. The molecule has 0 saturated carbocycles. The molecule has 1 unspecified atom stereocenters. The summed E-state index contributed by atoms with van der Waals surface area (Å²) in [7, 11) is -3.67. The fourth-order valence-electron chi connectivity index (χ4n) is 4.42. The van der Waals surface area contributed by atoms with Crippen molar-refractivity contribution >= 4 is 39.1 Å². The van der Waals surface area contributed by atoms with Crippen LogP contribution in [0, 0.1) is 20.8 Å². The van der Waals surface area contributed by atoms with Gasteiger partial charge in [-0.3, -0.25) is 9.59 Å². The van der Waals surface area contributed by atoms with E-state index >= 15 is 0 Å². The lowest BCUT2D eigenvalue weighted by molar-refractivity contribution is -0.136. The lowest BCUT2D eigenvalue weighted by Gasteiger charge is -2.35. The number of aryl methyl sites for hydroxylation is 3. The maximum absolute atomic E-state index is 13.5. The number of nitrogens with zero attached hydrogens (tertiary/aromatic N) is 1. The lowest BCUT2D eigenvalue weighted by atomic mass is 10.0. The van der Waals surface area contributed by atoms with Crippen molar-refractivity contribution in [3.63, 3.8) is 0 Å². The molecule has 2 N–H and O–H groups in total. The van der Waals surface area contributed by atoms with Crippen molar-refractivity contribution in [2.24, 2.45) is 0 Å². The number of benzene rings is 2. The third kappa shape index (κ3) is 6.13. The van der Waals surface area contributed by atoms with Crippen molar-refractivity contribution in [3.05, 3.63) is 58.1 Å². The second-order valence-corrected chi connectivity index (χ2v) is 10.8. The van der Waals surface area contributed by atoms with Crippen molar-refractivity contribution in [2.45, 2.75) is 57.4 Å². The van der Waals surface area contributed by atoms with Crippen LogP contribution in [0.2, 0.25) is 5.02 Å². The Hall–Kier alpha value is -2.42. The van der Waals surface area contributed by atoms with Crippen LogP contribution >= 0.6 is 11.6 Å². The Balaban J connectivity index is 1.63. The molecule has 2 aromatic carbocycles. The minimum absolute atomic E-state index is 0.204. The van der Waals surface area contributed by atoms with Gasteiger partial charge < -0.3 is 10.6 Å². The van der Waals surface area contributed by atoms with E-state index in [1.807, 2.05) is 32.9 Å². The first-order chi connectivity index (χ1) is 15.6. The Kier molecular flexibility index (Phi) is 8.15. The summed E-state index contributed by atoms with van der Waals surface area (Å²) in [5, 5.41) is 5.65. The van der Waals surface area contributed by atoms with Crippen molar-refractivity contribution < 1.29 is 18.0 Å². The summed E-state index contributed by atoms with van der Waals surface area (Å²) in [4.78, 5) is 24.7. The molecule has 178 valence electrons. The molecule has 1 fully saturated rings. The number of amides is 2. The van der Waals surface area contributed by atoms with Gasteiger partial charge in [0, 0.05) is 29.8 Å². The van der Waals surface area contributed by atoms with Crippen LogP contribution in [-0.2, 0) is 19.6 Å². The maximum Gasteiger partial charge on any atom is 0.313 e. The SMILES string of the molecule is Cc1cc(C)c(S(=O)(=O)N2CCCCC2CCNC(=O)C(=O)Nc2ccc(Cl)cc2)c(C)c1. The fraction of sp³-hybridized carbons (Fsp3) is 0.417. The molecule has 7 nitrogen and oxygen atoms in total. The van der Waals surface area contributed by atoms with Crippen LogP contribution in [0.25, 0.3) is 0 Å². The number of carbonyl (C=O) groups is 2. The van der Waals surface area contributed by atoms with Crippen molar-refractivity contribution in [1.29, 1.82) is 0 Å². The van der Waals surface area contributed by atoms with E-state index in [4.69, 9.17) is 11.6 Å². The number of anilines is 1. The molecule has 2 amide bonds. The Labute approximate surface area is 200 Å². The number of piperidine rings is 1. The number of nitrogens with one attached hydrogen (secondary N) is 2. The van der Waals surface area contributed by atoms with Crippen molar-refractivity contribution in [3.8, 4) is 0 Å². The molecule has 9 heteroatoms. The van der Waals surface area contributed by atoms with Gasteiger partial charge in [0.1, 0.15) is 0 Å². The molecule has 1 saturated heterocycles. The number of halogens is 1. The van der Waals surface area contributed by atoms with Gasteiger partial charge in [-0.1, -0.05) is 35.7 Å². The van der Waals surface area contributed by atoms with Gasteiger partial charge in [0.25, 0.3) is 0 Å². The highest BCUT2D eigenvalue weighted by molar-refractivity contribution is 7.89. The third-order valence-electron chi connectivity index (χ3n) is 5.82. The smallest absolute Gasteiger partial charge is 0.313 e. The Morgan fingerprint density at radius 1 is 1.03 bits per heavy atom. The largest absolute Gasteiger partial charge is 0.348 e. The number of sulfonamides is 1. The summed E-state index contributed by atoms with van der Waals surface area (Å²) in [6.45, 7) is 6.25. The summed E-state index contributed by atoms with van der Waals surface area (Å²) in [5.74, 6) is -1.54. The van der Waals surface area contributed by atoms with Gasteiger partial charge in [-0.15, -0.1) is 0 Å². The van der Waals surface area contributed by atoms with Gasteiger partial charge >= 0.3 is 11.8 Å². The Morgan fingerprint density at radius 3 is 2.30 bits per heavy atom. The number of rotatable bonds is 6. The first-order valence-corrected chi connectivity index (χ1v) is 12.9. The molecular weight excluding hydrogens is 462 g/mol. The fourth-order valence-corrected chi connectivity index (χ4v) is 6.69. The first-order valence-electron chi connectivity index (χ1n) is 11.0. The van der Waals surface area contributed by atoms with Gasteiger partial charge in [-0.25, -0.2) is 8.42 Å². The highest BCUT2D eigenvalue weighted by Gasteiger charge is 2.35. The van der Waals surface area contributed by atoms with E-state index < -0.39 is 21.8 Å². The number of hydrogen-bond donors (Lipinski definition) is 2. The van der Waals surface area contributed by atoms with Crippen LogP contribution < -0.4 is 10.6 Å². The lowest BCUT2D eigenvalue weighted by Crippen LogP contribution is -2.46. The molecule has 0 aromatic heterocycles. The molecule has 0 spiro atoms. The zero-order valence-electron chi connectivity index (χ0n) is 19.2. The standard InChI is InChI=1S/C24H30ClN3O4S/c1-16-14-17(2)22(18(3)15-16)33(31,32)28-13-5-4-6-21(28)11-12-26-23(29)24(30)27-20-9-7-19(25)8-10-20/h7-10,14-15,21H,4-6,11-13H2,1-3H3,(H,26,29)(H,27,30).